The Kier molecular flexibility index (Phi) is 5.05. The standard InChI is InChI=1S/C9H13ClN2O3S2/c1-7(16(2)13)6-12-17(14,15)8-4-3-5-11-9(8)10/h3-5,7,12H,6H2,1-2H3. The highest BCUT2D eigenvalue weighted by molar-refractivity contribution is 7.89. The van der Waals surface area contributed by atoms with E-state index in [-0.39, 0.29) is 21.8 Å². The van der Waals surface area contributed by atoms with E-state index in [9.17, 15) is 12.6 Å². The van der Waals surface area contributed by atoms with Gasteiger partial charge in [0.05, 0.1) is 0 Å². The van der Waals surface area contributed by atoms with Crippen molar-refractivity contribution >= 4 is 32.4 Å². The summed E-state index contributed by atoms with van der Waals surface area (Å²) in [4.78, 5) is 3.62. The van der Waals surface area contributed by atoms with Gasteiger partial charge in [0.25, 0.3) is 0 Å². The van der Waals surface area contributed by atoms with Crippen molar-refractivity contribution < 1.29 is 12.6 Å². The summed E-state index contributed by atoms with van der Waals surface area (Å²) in [6.45, 7) is 1.79. The topological polar surface area (TPSA) is 76.1 Å². The van der Waals surface area contributed by atoms with Gasteiger partial charge in [-0.1, -0.05) is 11.6 Å². The summed E-state index contributed by atoms with van der Waals surface area (Å²) < 4.78 is 37.1. The maximum absolute atomic E-state index is 11.8. The number of halogens is 1. The van der Waals surface area contributed by atoms with Gasteiger partial charge in [-0.2, -0.15) is 0 Å². The van der Waals surface area contributed by atoms with Crippen molar-refractivity contribution in [2.24, 2.45) is 0 Å². The van der Waals surface area contributed by atoms with Crippen LogP contribution in [0.4, 0.5) is 0 Å². The van der Waals surface area contributed by atoms with Crippen LogP contribution in [0.15, 0.2) is 23.2 Å². The second-order valence-electron chi connectivity index (χ2n) is 3.45. The molecule has 2 atom stereocenters. The molecule has 1 rings (SSSR count). The van der Waals surface area contributed by atoms with Gasteiger partial charge in [0.1, 0.15) is 10.0 Å². The molecule has 0 aliphatic rings. The fourth-order valence-corrected chi connectivity index (χ4v) is 3.00. The minimum atomic E-state index is -3.70. The molecule has 0 aromatic carbocycles. The molecule has 0 amide bonds. The maximum Gasteiger partial charge on any atom is 0.243 e. The highest BCUT2D eigenvalue weighted by Gasteiger charge is 2.19. The predicted octanol–water partition coefficient (Wildman–Crippen LogP) is 0.780. The first kappa shape index (κ1) is 14.6. The second-order valence-corrected chi connectivity index (χ2v) is 7.35. The molecule has 0 fully saturated rings. The summed E-state index contributed by atoms with van der Waals surface area (Å²) in [6, 6.07) is 2.85. The first-order valence-corrected chi connectivity index (χ1v) is 8.25. The Bertz CT molecular complexity index is 519. The lowest BCUT2D eigenvalue weighted by molar-refractivity contribution is 0.580. The van der Waals surface area contributed by atoms with E-state index >= 15 is 0 Å². The highest BCUT2D eigenvalue weighted by Crippen LogP contribution is 2.17. The Labute approximate surface area is 108 Å². The van der Waals surface area contributed by atoms with Crippen molar-refractivity contribution in [2.75, 3.05) is 12.8 Å². The molecular formula is C9H13ClN2O3S2. The van der Waals surface area contributed by atoms with Gasteiger partial charge in [-0.15, -0.1) is 0 Å². The van der Waals surface area contributed by atoms with Gasteiger partial charge in [-0.05, 0) is 19.1 Å². The third-order valence-corrected chi connectivity index (χ3v) is 5.31. The summed E-state index contributed by atoms with van der Waals surface area (Å²) in [5.74, 6) is 0. The summed E-state index contributed by atoms with van der Waals surface area (Å²) in [7, 11) is -4.78. The fraction of sp³-hybridized carbons (Fsp3) is 0.444. The van der Waals surface area contributed by atoms with Crippen LogP contribution in [-0.2, 0) is 20.8 Å². The molecule has 1 aromatic rings. The van der Waals surface area contributed by atoms with Gasteiger partial charge >= 0.3 is 0 Å². The Hall–Kier alpha value is -0.500. The van der Waals surface area contributed by atoms with Crippen LogP contribution in [-0.4, -0.2) is 35.7 Å². The van der Waals surface area contributed by atoms with Crippen LogP contribution >= 0.6 is 11.6 Å². The average molecular weight is 297 g/mol. The molecule has 96 valence electrons. The summed E-state index contributed by atoms with van der Waals surface area (Å²) in [5.41, 5.74) is 0. The van der Waals surface area contributed by atoms with E-state index in [0.717, 1.165) is 0 Å². The summed E-state index contributed by atoms with van der Waals surface area (Å²) in [5, 5.41) is -0.342. The molecular weight excluding hydrogens is 284 g/mol. The molecule has 17 heavy (non-hydrogen) atoms. The smallest absolute Gasteiger partial charge is 0.243 e. The number of hydrogen-bond acceptors (Lipinski definition) is 4. The van der Waals surface area contributed by atoms with E-state index in [1.165, 1.54) is 24.6 Å². The van der Waals surface area contributed by atoms with Crippen LogP contribution in [0.1, 0.15) is 6.92 Å². The van der Waals surface area contributed by atoms with Gasteiger partial charge in [0, 0.05) is 35.0 Å². The van der Waals surface area contributed by atoms with Gasteiger partial charge in [0.15, 0.2) is 0 Å². The predicted molar refractivity (Wildman–Crippen MR) is 68.0 cm³/mol. The van der Waals surface area contributed by atoms with Crippen LogP contribution < -0.4 is 4.72 Å². The number of nitrogens with one attached hydrogen (secondary N) is 1. The lowest BCUT2D eigenvalue weighted by atomic mass is 10.5. The number of hydrogen-bond donors (Lipinski definition) is 1. The number of aromatic nitrogens is 1. The first-order valence-electron chi connectivity index (χ1n) is 4.77. The Morgan fingerprint density at radius 2 is 2.24 bits per heavy atom. The van der Waals surface area contributed by atoms with E-state index in [2.05, 4.69) is 9.71 Å². The molecule has 0 bridgehead atoms. The minimum Gasteiger partial charge on any atom is -0.260 e. The Morgan fingerprint density at radius 1 is 1.59 bits per heavy atom. The lowest BCUT2D eigenvalue weighted by Crippen LogP contribution is -2.32. The highest BCUT2D eigenvalue weighted by atomic mass is 35.5. The van der Waals surface area contributed by atoms with Gasteiger partial charge in [-0.3, -0.25) is 4.21 Å². The van der Waals surface area contributed by atoms with Crippen LogP contribution in [0.25, 0.3) is 0 Å². The third-order valence-electron chi connectivity index (χ3n) is 2.14. The van der Waals surface area contributed by atoms with Gasteiger partial charge in [-0.25, -0.2) is 18.1 Å². The third kappa shape index (κ3) is 4.02. The van der Waals surface area contributed by atoms with E-state index in [4.69, 9.17) is 11.6 Å². The van der Waals surface area contributed by atoms with Crippen molar-refractivity contribution in [3.63, 3.8) is 0 Å². The zero-order chi connectivity index (χ0) is 13.1. The molecule has 1 N–H and O–H groups in total. The molecule has 0 aliphatic carbocycles. The van der Waals surface area contributed by atoms with Crippen LogP contribution in [0, 0.1) is 0 Å². The van der Waals surface area contributed by atoms with Crippen LogP contribution in [0.2, 0.25) is 5.15 Å². The normalized spacial score (nSPS) is 15.5. The molecule has 0 radical (unpaired) electrons. The van der Waals surface area contributed by atoms with Crippen molar-refractivity contribution in [1.82, 2.24) is 9.71 Å². The molecule has 0 aliphatic heterocycles. The molecule has 1 aromatic heterocycles. The Balaban J connectivity index is 2.84. The van der Waals surface area contributed by atoms with Crippen molar-refractivity contribution in [3.05, 3.63) is 23.5 Å². The summed E-state index contributed by atoms with van der Waals surface area (Å²) in [6.07, 6.45) is 2.93. The van der Waals surface area contributed by atoms with Crippen molar-refractivity contribution in [3.8, 4) is 0 Å². The second kappa shape index (κ2) is 5.90. The molecule has 5 nitrogen and oxygen atoms in total. The zero-order valence-electron chi connectivity index (χ0n) is 9.38. The fourth-order valence-electron chi connectivity index (χ4n) is 0.994. The Morgan fingerprint density at radius 3 is 2.76 bits per heavy atom. The van der Waals surface area contributed by atoms with Crippen LogP contribution in [0.5, 0.6) is 0 Å². The number of pyridine rings is 1. The first-order chi connectivity index (χ1) is 7.84. The van der Waals surface area contributed by atoms with E-state index in [1.54, 1.807) is 6.92 Å². The molecule has 8 heteroatoms. The van der Waals surface area contributed by atoms with Crippen molar-refractivity contribution in [1.29, 1.82) is 0 Å². The quantitative estimate of drug-likeness (QED) is 0.815. The lowest BCUT2D eigenvalue weighted by Gasteiger charge is -2.11. The maximum atomic E-state index is 11.8. The monoisotopic (exact) mass is 296 g/mol. The minimum absolute atomic E-state index is 0.0734. The average Bonchev–Trinajstić information content (AvgIpc) is 2.26. The number of sulfonamides is 1. The SMILES string of the molecule is CC(CNS(=O)(=O)c1cccnc1Cl)S(C)=O. The van der Waals surface area contributed by atoms with Gasteiger partial charge < -0.3 is 0 Å². The molecule has 0 saturated heterocycles. The number of rotatable bonds is 5. The van der Waals surface area contributed by atoms with Crippen LogP contribution in [0.3, 0.4) is 0 Å². The van der Waals surface area contributed by atoms with Crippen molar-refractivity contribution in [2.45, 2.75) is 17.1 Å². The zero-order valence-corrected chi connectivity index (χ0v) is 11.8. The summed E-state index contributed by atoms with van der Waals surface area (Å²) >= 11 is 5.70. The van der Waals surface area contributed by atoms with E-state index < -0.39 is 20.8 Å². The van der Waals surface area contributed by atoms with E-state index in [1.807, 2.05) is 0 Å². The molecule has 0 spiro atoms. The molecule has 0 saturated carbocycles. The molecule has 2 unspecified atom stereocenters. The molecule has 1 heterocycles. The van der Waals surface area contributed by atoms with Gasteiger partial charge in [0.2, 0.25) is 10.0 Å². The van der Waals surface area contributed by atoms with E-state index in [0.29, 0.717) is 0 Å². The number of nitrogens with zero attached hydrogens (tertiary/aromatic N) is 1. The largest absolute Gasteiger partial charge is 0.260 e.